The molecule has 20 heavy (non-hydrogen) atoms. The Balaban J connectivity index is 2.06. The van der Waals surface area contributed by atoms with Crippen LogP contribution < -0.4 is 5.32 Å². The van der Waals surface area contributed by atoms with Gasteiger partial charge in [0.25, 0.3) is 0 Å². The number of rotatable bonds is 6. The first-order valence-corrected chi connectivity index (χ1v) is 8.51. The predicted octanol–water partition coefficient (Wildman–Crippen LogP) is 4.47. The third-order valence-electron chi connectivity index (χ3n) is 4.45. The fourth-order valence-electron chi connectivity index (χ4n) is 3.36. The van der Waals surface area contributed by atoms with Crippen molar-refractivity contribution in [3.8, 4) is 0 Å². The maximum absolute atomic E-state index is 6.35. The lowest BCUT2D eigenvalue weighted by molar-refractivity contribution is 0.346. The van der Waals surface area contributed by atoms with Crippen molar-refractivity contribution in [1.29, 1.82) is 0 Å². The van der Waals surface area contributed by atoms with Crippen LogP contribution in [0.2, 0.25) is 5.02 Å². The van der Waals surface area contributed by atoms with Crippen LogP contribution in [0, 0.1) is 5.92 Å². The lowest BCUT2D eigenvalue weighted by Gasteiger charge is -2.24. The van der Waals surface area contributed by atoms with Crippen LogP contribution in [0.15, 0.2) is 6.20 Å². The van der Waals surface area contributed by atoms with Crippen LogP contribution in [0.5, 0.6) is 0 Å². The van der Waals surface area contributed by atoms with Crippen LogP contribution in [0.4, 0.5) is 0 Å². The zero-order valence-electron chi connectivity index (χ0n) is 12.9. The fraction of sp³-hybridized carbons (Fsp3) is 0.812. The first kappa shape index (κ1) is 15.8. The van der Waals surface area contributed by atoms with E-state index in [9.17, 15) is 0 Å². The Hall–Kier alpha value is -0.540. The summed E-state index contributed by atoms with van der Waals surface area (Å²) in [5.41, 5.74) is 1.16. The Labute approximate surface area is 128 Å². The molecule has 1 saturated carbocycles. The van der Waals surface area contributed by atoms with Gasteiger partial charge in [-0.05, 0) is 25.3 Å². The highest BCUT2D eigenvalue weighted by Gasteiger charge is 2.23. The Morgan fingerprint density at radius 2 is 2.05 bits per heavy atom. The first-order chi connectivity index (χ1) is 9.72. The highest BCUT2D eigenvalue weighted by Crippen LogP contribution is 2.33. The molecule has 0 aromatic carbocycles. The summed E-state index contributed by atoms with van der Waals surface area (Å²) < 4.78 is 1.94. The van der Waals surface area contributed by atoms with E-state index in [1.165, 1.54) is 44.9 Å². The number of hydrogen-bond donors (Lipinski definition) is 1. The molecule has 0 aliphatic heterocycles. The molecule has 0 spiro atoms. The second kappa shape index (κ2) is 8.04. The van der Waals surface area contributed by atoms with Gasteiger partial charge < -0.3 is 5.32 Å². The minimum atomic E-state index is 0.345. The van der Waals surface area contributed by atoms with Crippen molar-refractivity contribution in [2.24, 2.45) is 13.0 Å². The fourth-order valence-corrected chi connectivity index (χ4v) is 3.65. The molecule has 0 radical (unpaired) electrons. The summed E-state index contributed by atoms with van der Waals surface area (Å²) >= 11 is 6.35. The molecule has 0 bridgehead atoms. The number of hydrogen-bond acceptors (Lipinski definition) is 2. The molecule has 1 atom stereocenters. The van der Waals surface area contributed by atoms with Gasteiger partial charge in [-0.3, -0.25) is 4.68 Å². The molecular formula is C16H28ClN3. The summed E-state index contributed by atoms with van der Waals surface area (Å²) in [5.74, 6) is 0.831. The molecule has 1 aliphatic rings. The largest absolute Gasteiger partial charge is 0.309 e. The van der Waals surface area contributed by atoms with Crippen molar-refractivity contribution in [2.45, 2.75) is 64.3 Å². The Kier molecular flexibility index (Phi) is 6.37. The third kappa shape index (κ3) is 4.23. The Morgan fingerprint density at radius 3 is 2.60 bits per heavy atom. The molecule has 1 aromatic heterocycles. The third-order valence-corrected chi connectivity index (χ3v) is 4.74. The number of nitrogens with one attached hydrogen (secondary N) is 1. The minimum absolute atomic E-state index is 0.345. The molecule has 1 fully saturated rings. The van der Waals surface area contributed by atoms with Crippen LogP contribution in [0.25, 0.3) is 0 Å². The molecule has 114 valence electrons. The number of aromatic nitrogens is 2. The standard InChI is InChI=1S/C16H28ClN3/c1-3-10-18-15(16-14(17)12-19-20(16)2)11-13-8-6-4-5-7-9-13/h12-13,15,18H,3-11H2,1-2H3. The van der Waals surface area contributed by atoms with Crippen LogP contribution >= 0.6 is 11.6 Å². The Bertz CT molecular complexity index is 375. The maximum Gasteiger partial charge on any atom is 0.0834 e. The van der Waals surface area contributed by atoms with Crippen molar-refractivity contribution in [3.05, 3.63) is 16.9 Å². The van der Waals surface area contributed by atoms with E-state index in [1.54, 1.807) is 6.20 Å². The lowest BCUT2D eigenvalue weighted by Crippen LogP contribution is -2.26. The summed E-state index contributed by atoms with van der Waals surface area (Å²) in [5, 5.41) is 8.78. The second-order valence-corrected chi connectivity index (χ2v) is 6.51. The molecular weight excluding hydrogens is 270 g/mol. The zero-order valence-corrected chi connectivity index (χ0v) is 13.6. The zero-order chi connectivity index (χ0) is 14.4. The van der Waals surface area contributed by atoms with Gasteiger partial charge in [-0.15, -0.1) is 0 Å². The van der Waals surface area contributed by atoms with Crippen molar-refractivity contribution in [1.82, 2.24) is 15.1 Å². The topological polar surface area (TPSA) is 29.9 Å². The number of aryl methyl sites for hydroxylation is 1. The molecule has 2 rings (SSSR count). The SMILES string of the molecule is CCCNC(CC1CCCCCC1)c1c(Cl)cnn1C. The van der Waals surface area contributed by atoms with Crippen molar-refractivity contribution in [3.63, 3.8) is 0 Å². The van der Waals surface area contributed by atoms with E-state index < -0.39 is 0 Å². The minimum Gasteiger partial charge on any atom is -0.309 e. The van der Waals surface area contributed by atoms with E-state index in [4.69, 9.17) is 11.6 Å². The highest BCUT2D eigenvalue weighted by molar-refractivity contribution is 6.31. The van der Waals surface area contributed by atoms with Crippen LogP contribution in [-0.4, -0.2) is 16.3 Å². The maximum atomic E-state index is 6.35. The predicted molar refractivity (Wildman–Crippen MR) is 85.1 cm³/mol. The van der Waals surface area contributed by atoms with Gasteiger partial charge in [0, 0.05) is 7.05 Å². The van der Waals surface area contributed by atoms with Crippen molar-refractivity contribution < 1.29 is 0 Å². The molecule has 1 heterocycles. The monoisotopic (exact) mass is 297 g/mol. The van der Waals surface area contributed by atoms with E-state index >= 15 is 0 Å². The van der Waals surface area contributed by atoms with Crippen LogP contribution in [0.3, 0.4) is 0 Å². The van der Waals surface area contributed by atoms with E-state index in [0.29, 0.717) is 6.04 Å². The van der Waals surface area contributed by atoms with Crippen molar-refractivity contribution in [2.75, 3.05) is 6.54 Å². The average molecular weight is 298 g/mol. The van der Waals surface area contributed by atoms with Crippen LogP contribution in [-0.2, 0) is 7.05 Å². The lowest BCUT2D eigenvalue weighted by atomic mass is 9.91. The molecule has 1 unspecified atom stereocenters. The van der Waals surface area contributed by atoms with Gasteiger partial charge in [0.2, 0.25) is 0 Å². The molecule has 0 amide bonds. The number of nitrogens with zero attached hydrogens (tertiary/aromatic N) is 2. The summed E-state index contributed by atoms with van der Waals surface area (Å²) in [6.07, 6.45) is 12.5. The van der Waals surface area contributed by atoms with Gasteiger partial charge in [0.1, 0.15) is 0 Å². The summed E-state index contributed by atoms with van der Waals surface area (Å²) in [4.78, 5) is 0. The molecule has 1 aromatic rings. The molecule has 1 N–H and O–H groups in total. The van der Waals surface area contributed by atoms with E-state index in [-0.39, 0.29) is 0 Å². The van der Waals surface area contributed by atoms with Crippen molar-refractivity contribution >= 4 is 11.6 Å². The van der Waals surface area contributed by atoms with E-state index in [1.807, 2.05) is 11.7 Å². The quantitative estimate of drug-likeness (QED) is 0.785. The van der Waals surface area contributed by atoms with Gasteiger partial charge in [0.15, 0.2) is 0 Å². The second-order valence-electron chi connectivity index (χ2n) is 6.10. The summed E-state index contributed by atoms with van der Waals surface area (Å²) in [6, 6.07) is 0.345. The number of halogens is 1. The van der Waals surface area contributed by atoms with Gasteiger partial charge in [0.05, 0.1) is 23.0 Å². The first-order valence-electron chi connectivity index (χ1n) is 8.13. The van der Waals surface area contributed by atoms with E-state index in [2.05, 4.69) is 17.3 Å². The Morgan fingerprint density at radius 1 is 1.35 bits per heavy atom. The summed E-state index contributed by atoms with van der Waals surface area (Å²) in [7, 11) is 1.99. The molecule has 3 nitrogen and oxygen atoms in total. The average Bonchev–Trinajstić information content (AvgIpc) is 2.66. The molecule has 0 saturated heterocycles. The van der Waals surface area contributed by atoms with E-state index in [0.717, 1.165) is 29.6 Å². The normalized spacial score (nSPS) is 18.9. The van der Waals surface area contributed by atoms with Gasteiger partial charge in [-0.25, -0.2) is 0 Å². The molecule has 4 heteroatoms. The summed E-state index contributed by atoms with van der Waals surface area (Å²) in [6.45, 7) is 3.25. The molecule has 1 aliphatic carbocycles. The van der Waals surface area contributed by atoms with Gasteiger partial charge in [-0.1, -0.05) is 57.0 Å². The van der Waals surface area contributed by atoms with Crippen LogP contribution in [0.1, 0.15) is 70.0 Å². The smallest absolute Gasteiger partial charge is 0.0834 e. The highest BCUT2D eigenvalue weighted by atomic mass is 35.5. The van der Waals surface area contributed by atoms with Gasteiger partial charge >= 0.3 is 0 Å². The van der Waals surface area contributed by atoms with Gasteiger partial charge in [-0.2, -0.15) is 5.10 Å².